The molecule has 4 heteroatoms. The summed E-state index contributed by atoms with van der Waals surface area (Å²) < 4.78 is 0. The predicted molar refractivity (Wildman–Crippen MR) is 73.3 cm³/mol. The molecule has 0 amide bonds. The van der Waals surface area contributed by atoms with Crippen LogP contribution in [0.2, 0.25) is 0 Å². The minimum Gasteiger partial charge on any atom is -0.289 e. The maximum Gasteiger partial charge on any atom is 0.126 e. The van der Waals surface area contributed by atoms with Crippen molar-refractivity contribution in [2.24, 2.45) is 5.10 Å². The van der Waals surface area contributed by atoms with Gasteiger partial charge in [0.1, 0.15) is 6.34 Å². The summed E-state index contributed by atoms with van der Waals surface area (Å²) in [5.41, 5.74) is 5.90. The Bertz CT molecular complexity index is 186. The number of hydrogen-bond acceptors (Lipinski definition) is 4. The Morgan fingerprint density at radius 1 is 0.882 bits per heavy atom. The SMILES string of the molecule is CCCCCCCCCCCCN1NC=NN1. The fourth-order valence-electron chi connectivity index (χ4n) is 2.10. The molecule has 1 aliphatic heterocycles. The average Bonchev–Trinajstić information content (AvgIpc) is 2.85. The van der Waals surface area contributed by atoms with Crippen molar-refractivity contribution in [1.82, 2.24) is 16.1 Å². The number of hydrazine groups is 2. The van der Waals surface area contributed by atoms with Crippen LogP contribution in [0.4, 0.5) is 0 Å². The summed E-state index contributed by atoms with van der Waals surface area (Å²) in [6.45, 7) is 3.30. The zero-order valence-corrected chi connectivity index (χ0v) is 11.2. The molecule has 0 aromatic heterocycles. The number of nitrogens with zero attached hydrogens (tertiary/aromatic N) is 2. The Labute approximate surface area is 106 Å². The molecule has 0 aromatic carbocycles. The lowest BCUT2D eigenvalue weighted by Gasteiger charge is -2.13. The van der Waals surface area contributed by atoms with E-state index in [9.17, 15) is 0 Å². The fourth-order valence-corrected chi connectivity index (χ4v) is 2.10. The first kappa shape index (κ1) is 14.3. The number of hydrogen-bond donors (Lipinski definition) is 2. The third kappa shape index (κ3) is 8.02. The second-order valence-corrected chi connectivity index (χ2v) is 4.82. The van der Waals surface area contributed by atoms with Crippen LogP contribution >= 0.6 is 0 Å². The third-order valence-corrected chi connectivity index (χ3v) is 3.19. The average molecular weight is 240 g/mol. The summed E-state index contributed by atoms with van der Waals surface area (Å²) in [7, 11) is 0. The van der Waals surface area contributed by atoms with Gasteiger partial charge in [-0.1, -0.05) is 64.7 Å². The van der Waals surface area contributed by atoms with Gasteiger partial charge in [-0.05, 0) is 6.42 Å². The zero-order chi connectivity index (χ0) is 12.2. The molecule has 1 rings (SSSR count). The summed E-state index contributed by atoms with van der Waals surface area (Å²) in [6, 6.07) is 0. The molecule has 0 atom stereocenters. The van der Waals surface area contributed by atoms with E-state index in [1.54, 1.807) is 6.34 Å². The van der Waals surface area contributed by atoms with Crippen LogP contribution in [0.5, 0.6) is 0 Å². The minimum atomic E-state index is 1.02. The molecule has 0 saturated heterocycles. The van der Waals surface area contributed by atoms with Gasteiger partial charge in [-0.2, -0.15) is 5.10 Å². The summed E-state index contributed by atoms with van der Waals surface area (Å²) in [5.74, 6) is 0. The van der Waals surface area contributed by atoms with Gasteiger partial charge < -0.3 is 0 Å². The van der Waals surface area contributed by atoms with Gasteiger partial charge in [0.2, 0.25) is 0 Å². The van der Waals surface area contributed by atoms with Crippen LogP contribution in [0.1, 0.15) is 71.1 Å². The lowest BCUT2D eigenvalue weighted by Crippen LogP contribution is -2.39. The number of unbranched alkanes of at least 4 members (excludes halogenated alkanes) is 9. The molecule has 0 unspecified atom stereocenters. The van der Waals surface area contributed by atoms with Gasteiger partial charge in [-0.15, -0.1) is 5.12 Å². The van der Waals surface area contributed by atoms with E-state index in [0.29, 0.717) is 0 Å². The molecule has 4 nitrogen and oxygen atoms in total. The maximum absolute atomic E-state index is 3.87. The lowest BCUT2D eigenvalue weighted by atomic mass is 10.1. The molecular weight excluding hydrogens is 212 g/mol. The summed E-state index contributed by atoms with van der Waals surface area (Å²) in [4.78, 5) is 0. The first-order valence-corrected chi connectivity index (χ1v) is 7.24. The van der Waals surface area contributed by atoms with Crippen molar-refractivity contribution in [2.75, 3.05) is 6.54 Å². The highest BCUT2D eigenvalue weighted by molar-refractivity contribution is 5.54. The first-order valence-electron chi connectivity index (χ1n) is 7.24. The molecule has 0 fully saturated rings. The Balaban J connectivity index is 1.69. The Hall–Kier alpha value is -0.770. The smallest absolute Gasteiger partial charge is 0.126 e. The first-order chi connectivity index (χ1) is 8.43. The van der Waals surface area contributed by atoms with Crippen molar-refractivity contribution in [2.45, 2.75) is 71.1 Å². The van der Waals surface area contributed by atoms with Gasteiger partial charge in [0.05, 0.1) is 0 Å². The second kappa shape index (κ2) is 10.4. The molecule has 0 spiro atoms. The van der Waals surface area contributed by atoms with Gasteiger partial charge in [0.25, 0.3) is 0 Å². The molecule has 17 heavy (non-hydrogen) atoms. The second-order valence-electron chi connectivity index (χ2n) is 4.82. The van der Waals surface area contributed by atoms with E-state index >= 15 is 0 Å². The molecular formula is C13H28N4. The third-order valence-electron chi connectivity index (χ3n) is 3.19. The molecule has 0 aromatic rings. The van der Waals surface area contributed by atoms with E-state index < -0.39 is 0 Å². The van der Waals surface area contributed by atoms with Crippen molar-refractivity contribution in [1.29, 1.82) is 0 Å². The van der Waals surface area contributed by atoms with Gasteiger partial charge >= 0.3 is 0 Å². The molecule has 1 heterocycles. The van der Waals surface area contributed by atoms with E-state index in [-0.39, 0.29) is 0 Å². The molecule has 0 aliphatic carbocycles. The Morgan fingerprint density at radius 3 is 2.00 bits per heavy atom. The van der Waals surface area contributed by atoms with Crippen LogP contribution in [0.3, 0.4) is 0 Å². The number of hydrazone groups is 1. The standard InChI is InChI=1S/C13H28N4/c1-2-3-4-5-6-7-8-9-10-11-12-17-15-13-14-16-17/h13,16H,2-12H2,1H3,(H,14,15). The minimum absolute atomic E-state index is 1.02. The van der Waals surface area contributed by atoms with Crippen LogP contribution in [0.15, 0.2) is 5.10 Å². The van der Waals surface area contributed by atoms with Crippen molar-refractivity contribution < 1.29 is 0 Å². The van der Waals surface area contributed by atoms with E-state index in [0.717, 1.165) is 6.54 Å². The Kier molecular flexibility index (Phi) is 8.73. The summed E-state index contributed by atoms with van der Waals surface area (Å²) in [5, 5.41) is 5.79. The van der Waals surface area contributed by atoms with Crippen LogP contribution in [-0.2, 0) is 0 Å². The monoisotopic (exact) mass is 240 g/mol. The zero-order valence-electron chi connectivity index (χ0n) is 11.2. The fraction of sp³-hybridized carbons (Fsp3) is 0.923. The van der Waals surface area contributed by atoms with Crippen LogP contribution < -0.4 is 11.0 Å². The van der Waals surface area contributed by atoms with E-state index in [1.165, 1.54) is 64.2 Å². The lowest BCUT2D eigenvalue weighted by molar-refractivity contribution is 0.176. The molecule has 1 aliphatic rings. The molecule has 100 valence electrons. The van der Waals surface area contributed by atoms with Crippen molar-refractivity contribution in [3.8, 4) is 0 Å². The van der Waals surface area contributed by atoms with Crippen LogP contribution in [0, 0.1) is 0 Å². The van der Waals surface area contributed by atoms with E-state index in [4.69, 9.17) is 0 Å². The van der Waals surface area contributed by atoms with Crippen molar-refractivity contribution in [3.05, 3.63) is 0 Å². The van der Waals surface area contributed by atoms with Crippen LogP contribution in [0.25, 0.3) is 0 Å². The maximum atomic E-state index is 3.87. The predicted octanol–water partition coefficient (Wildman–Crippen LogP) is 3.18. The highest BCUT2D eigenvalue weighted by Crippen LogP contribution is 2.10. The molecule has 0 saturated carbocycles. The molecule has 0 radical (unpaired) electrons. The van der Waals surface area contributed by atoms with Gasteiger partial charge in [-0.3, -0.25) is 5.43 Å². The van der Waals surface area contributed by atoms with Gasteiger partial charge in [-0.25, -0.2) is 5.53 Å². The summed E-state index contributed by atoms with van der Waals surface area (Å²) >= 11 is 0. The Morgan fingerprint density at radius 2 is 1.47 bits per heavy atom. The van der Waals surface area contributed by atoms with Crippen LogP contribution in [-0.4, -0.2) is 18.0 Å². The van der Waals surface area contributed by atoms with E-state index in [2.05, 4.69) is 23.0 Å². The molecule has 0 bridgehead atoms. The van der Waals surface area contributed by atoms with Crippen molar-refractivity contribution >= 4 is 6.34 Å². The van der Waals surface area contributed by atoms with Gasteiger partial charge in [0.15, 0.2) is 0 Å². The molecule has 2 N–H and O–H groups in total. The number of rotatable bonds is 11. The van der Waals surface area contributed by atoms with Crippen molar-refractivity contribution in [3.63, 3.8) is 0 Å². The largest absolute Gasteiger partial charge is 0.289 e. The quantitative estimate of drug-likeness (QED) is 0.545. The van der Waals surface area contributed by atoms with Gasteiger partial charge in [0, 0.05) is 6.54 Å². The summed E-state index contributed by atoms with van der Waals surface area (Å²) in [6.07, 6.45) is 15.5. The normalized spacial score (nSPS) is 14.9. The highest BCUT2D eigenvalue weighted by atomic mass is 15.8. The topological polar surface area (TPSA) is 39.7 Å². The van der Waals surface area contributed by atoms with E-state index in [1.807, 2.05) is 5.12 Å². The highest BCUT2D eigenvalue weighted by Gasteiger charge is 2.03. The number of nitrogens with one attached hydrogen (secondary N) is 2.